The van der Waals surface area contributed by atoms with Crippen LogP contribution < -0.4 is 15.5 Å². The molecule has 2 aromatic carbocycles. The molecule has 1 heterocycles. The fourth-order valence-electron chi connectivity index (χ4n) is 2.79. The summed E-state index contributed by atoms with van der Waals surface area (Å²) in [6.45, 7) is 0.862. The summed E-state index contributed by atoms with van der Waals surface area (Å²) in [5, 5.41) is 5.15. The van der Waals surface area contributed by atoms with E-state index in [0.29, 0.717) is 25.2 Å². The number of carbonyl (C=O) groups excluding carboxylic acids is 2. The molecule has 1 saturated heterocycles. The molecule has 5 nitrogen and oxygen atoms in total. The van der Waals surface area contributed by atoms with Gasteiger partial charge in [-0.25, -0.2) is 8.78 Å². The van der Waals surface area contributed by atoms with Crippen LogP contribution in [0, 0.1) is 11.6 Å². The first kappa shape index (κ1) is 16.9. The van der Waals surface area contributed by atoms with Crippen LogP contribution in [0.1, 0.15) is 6.42 Å². The number of benzene rings is 2. The summed E-state index contributed by atoms with van der Waals surface area (Å²) in [4.78, 5) is 25.6. The highest BCUT2D eigenvalue weighted by molar-refractivity contribution is 6.39. The van der Waals surface area contributed by atoms with Crippen molar-refractivity contribution in [2.45, 2.75) is 12.5 Å². The summed E-state index contributed by atoms with van der Waals surface area (Å²) in [5.41, 5.74) is 0.816. The van der Waals surface area contributed by atoms with Gasteiger partial charge in [0.05, 0.1) is 5.69 Å². The number of carbonyl (C=O) groups is 2. The van der Waals surface area contributed by atoms with Crippen molar-refractivity contribution >= 4 is 23.2 Å². The largest absolute Gasteiger partial charge is 0.367 e. The lowest BCUT2D eigenvalue weighted by molar-refractivity contribution is -0.136. The molecule has 0 radical (unpaired) electrons. The van der Waals surface area contributed by atoms with E-state index in [-0.39, 0.29) is 11.7 Å². The molecule has 3 rings (SSSR count). The molecule has 2 N–H and O–H groups in total. The van der Waals surface area contributed by atoms with E-state index < -0.39 is 23.4 Å². The zero-order valence-electron chi connectivity index (χ0n) is 13.3. The average molecular weight is 345 g/mol. The topological polar surface area (TPSA) is 61.4 Å². The SMILES string of the molecule is O=C(Nc1ccccc1)C(=O)N[C@H]1CCN(c2ccc(F)cc2F)C1. The highest BCUT2D eigenvalue weighted by atomic mass is 19.1. The molecule has 130 valence electrons. The Morgan fingerprint density at radius 1 is 1.04 bits per heavy atom. The van der Waals surface area contributed by atoms with Crippen LogP contribution in [0.3, 0.4) is 0 Å². The van der Waals surface area contributed by atoms with E-state index in [4.69, 9.17) is 0 Å². The van der Waals surface area contributed by atoms with Crippen molar-refractivity contribution in [3.8, 4) is 0 Å². The summed E-state index contributed by atoms with van der Waals surface area (Å²) >= 11 is 0. The summed E-state index contributed by atoms with van der Waals surface area (Å²) in [6, 6.07) is 11.8. The molecule has 2 amide bonds. The number of amides is 2. The van der Waals surface area contributed by atoms with E-state index >= 15 is 0 Å². The Bertz CT molecular complexity index is 783. The van der Waals surface area contributed by atoms with Gasteiger partial charge in [0.15, 0.2) is 0 Å². The van der Waals surface area contributed by atoms with Crippen molar-refractivity contribution in [3.05, 3.63) is 60.2 Å². The third-order valence-corrected chi connectivity index (χ3v) is 4.01. The highest BCUT2D eigenvalue weighted by Gasteiger charge is 2.27. The first-order valence-electron chi connectivity index (χ1n) is 7.90. The number of nitrogens with zero attached hydrogens (tertiary/aromatic N) is 1. The van der Waals surface area contributed by atoms with Crippen LogP contribution in [0.4, 0.5) is 20.2 Å². The number of halogens is 2. The normalized spacial score (nSPS) is 16.6. The second-order valence-corrected chi connectivity index (χ2v) is 5.82. The molecular weight excluding hydrogens is 328 g/mol. The monoisotopic (exact) mass is 345 g/mol. The van der Waals surface area contributed by atoms with Crippen molar-refractivity contribution in [2.24, 2.45) is 0 Å². The minimum atomic E-state index is -0.752. The molecule has 1 aliphatic heterocycles. The van der Waals surface area contributed by atoms with Crippen molar-refractivity contribution in [3.63, 3.8) is 0 Å². The molecule has 25 heavy (non-hydrogen) atoms. The Morgan fingerprint density at radius 2 is 1.80 bits per heavy atom. The van der Waals surface area contributed by atoms with Crippen LogP contribution in [0.15, 0.2) is 48.5 Å². The van der Waals surface area contributed by atoms with Crippen LogP contribution in [0.2, 0.25) is 0 Å². The molecule has 1 fully saturated rings. The van der Waals surface area contributed by atoms with Gasteiger partial charge in [-0.2, -0.15) is 0 Å². The van der Waals surface area contributed by atoms with Gasteiger partial charge in [-0.15, -0.1) is 0 Å². The van der Waals surface area contributed by atoms with E-state index in [1.54, 1.807) is 35.2 Å². The third kappa shape index (κ3) is 4.12. The molecule has 2 aromatic rings. The zero-order valence-corrected chi connectivity index (χ0v) is 13.3. The molecule has 0 bridgehead atoms. The van der Waals surface area contributed by atoms with Crippen LogP contribution in [0.25, 0.3) is 0 Å². The molecular formula is C18H17F2N3O2. The Hall–Kier alpha value is -2.96. The number of nitrogens with one attached hydrogen (secondary N) is 2. The van der Waals surface area contributed by atoms with E-state index in [9.17, 15) is 18.4 Å². The van der Waals surface area contributed by atoms with Crippen molar-refractivity contribution in [1.29, 1.82) is 0 Å². The number of hydrogen-bond donors (Lipinski definition) is 2. The van der Waals surface area contributed by atoms with Crippen molar-refractivity contribution < 1.29 is 18.4 Å². The average Bonchev–Trinajstić information content (AvgIpc) is 3.04. The second kappa shape index (κ2) is 7.29. The summed E-state index contributed by atoms with van der Waals surface area (Å²) in [7, 11) is 0. The zero-order chi connectivity index (χ0) is 17.8. The first-order valence-corrected chi connectivity index (χ1v) is 7.90. The Labute approximate surface area is 143 Å². The number of hydrogen-bond acceptors (Lipinski definition) is 3. The number of anilines is 2. The lowest BCUT2D eigenvalue weighted by atomic mass is 10.2. The molecule has 1 atom stereocenters. The summed E-state index contributed by atoms with van der Waals surface area (Å²) in [6.07, 6.45) is 0.571. The maximum Gasteiger partial charge on any atom is 0.313 e. The minimum absolute atomic E-state index is 0.279. The highest BCUT2D eigenvalue weighted by Crippen LogP contribution is 2.24. The predicted molar refractivity (Wildman–Crippen MR) is 90.2 cm³/mol. The number of para-hydroxylation sites is 1. The Kier molecular flexibility index (Phi) is 4.92. The fourth-order valence-corrected chi connectivity index (χ4v) is 2.79. The Balaban J connectivity index is 1.55. The van der Waals surface area contributed by atoms with Gasteiger partial charge in [-0.1, -0.05) is 18.2 Å². The van der Waals surface area contributed by atoms with Crippen LogP contribution >= 0.6 is 0 Å². The lowest BCUT2D eigenvalue weighted by Crippen LogP contribution is -2.43. The quantitative estimate of drug-likeness (QED) is 0.839. The van der Waals surface area contributed by atoms with E-state index in [0.717, 1.165) is 6.07 Å². The maximum absolute atomic E-state index is 13.8. The summed E-state index contributed by atoms with van der Waals surface area (Å²) in [5.74, 6) is -2.77. The lowest BCUT2D eigenvalue weighted by Gasteiger charge is -2.19. The minimum Gasteiger partial charge on any atom is -0.367 e. The fraction of sp³-hybridized carbons (Fsp3) is 0.222. The van der Waals surface area contributed by atoms with Gasteiger partial charge in [0, 0.05) is 30.9 Å². The predicted octanol–water partition coefficient (Wildman–Crippen LogP) is 2.30. The third-order valence-electron chi connectivity index (χ3n) is 4.01. The maximum atomic E-state index is 13.8. The van der Waals surface area contributed by atoms with Gasteiger partial charge < -0.3 is 15.5 Å². The first-order chi connectivity index (χ1) is 12.0. The molecule has 0 aromatic heterocycles. The van der Waals surface area contributed by atoms with Gasteiger partial charge in [-0.05, 0) is 30.7 Å². The molecule has 0 unspecified atom stereocenters. The summed E-state index contributed by atoms with van der Waals surface area (Å²) < 4.78 is 26.8. The molecule has 0 aliphatic carbocycles. The van der Waals surface area contributed by atoms with E-state index in [1.807, 2.05) is 0 Å². The standard InChI is InChI=1S/C18H17F2N3O2/c19-12-6-7-16(15(20)10-12)23-9-8-14(11-23)22-18(25)17(24)21-13-4-2-1-3-5-13/h1-7,10,14H,8-9,11H2,(H,21,24)(H,22,25)/t14-/m0/s1. The van der Waals surface area contributed by atoms with Gasteiger partial charge in [-0.3, -0.25) is 9.59 Å². The smallest absolute Gasteiger partial charge is 0.313 e. The van der Waals surface area contributed by atoms with Gasteiger partial charge >= 0.3 is 11.8 Å². The molecule has 0 spiro atoms. The van der Waals surface area contributed by atoms with Crippen LogP contribution in [-0.2, 0) is 9.59 Å². The second-order valence-electron chi connectivity index (χ2n) is 5.82. The van der Waals surface area contributed by atoms with Gasteiger partial charge in [0.25, 0.3) is 0 Å². The van der Waals surface area contributed by atoms with E-state index in [2.05, 4.69) is 10.6 Å². The molecule has 1 aliphatic rings. The Morgan fingerprint density at radius 3 is 2.52 bits per heavy atom. The van der Waals surface area contributed by atoms with Crippen LogP contribution in [0.5, 0.6) is 0 Å². The van der Waals surface area contributed by atoms with E-state index in [1.165, 1.54) is 12.1 Å². The van der Waals surface area contributed by atoms with Crippen molar-refractivity contribution in [2.75, 3.05) is 23.3 Å². The van der Waals surface area contributed by atoms with Gasteiger partial charge in [0.1, 0.15) is 11.6 Å². The van der Waals surface area contributed by atoms with Crippen LogP contribution in [-0.4, -0.2) is 30.9 Å². The van der Waals surface area contributed by atoms with Crippen molar-refractivity contribution in [1.82, 2.24) is 5.32 Å². The van der Waals surface area contributed by atoms with Gasteiger partial charge in [0.2, 0.25) is 0 Å². The number of rotatable bonds is 3. The molecule has 0 saturated carbocycles. The molecule has 7 heteroatoms.